The van der Waals surface area contributed by atoms with Gasteiger partial charge in [-0.25, -0.2) is 0 Å². The Kier molecular flexibility index (Phi) is 7.23. The third-order valence-corrected chi connectivity index (χ3v) is 3.99. The number of nitrogens with one attached hydrogen (secondary N) is 1. The fourth-order valence-electron chi connectivity index (χ4n) is 3.05. The molecule has 2 aliphatic heterocycles. The van der Waals surface area contributed by atoms with E-state index in [0.717, 1.165) is 39.0 Å². The zero-order valence-electron chi connectivity index (χ0n) is 12.8. The van der Waals surface area contributed by atoms with Gasteiger partial charge in [0, 0.05) is 31.6 Å². The van der Waals surface area contributed by atoms with Crippen LogP contribution in [0.2, 0.25) is 0 Å². The largest absolute Gasteiger partial charge is 0.373 e. The van der Waals surface area contributed by atoms with Crippen LogP contribution in [0.15, 0.2) is 0 Å². The number of rotatable bonds is 3. The molecule has 20 heavy (non-hydrogen) atoms. The Labute approximate surface area is 128 Å². The Morgan fingerprint density at radius 3 is 2.85 bits per heavy atom. The van der Waals surface area contributed by atoms with Gasteiger partial charge in [-0.3, -0.25) is 4.79 Å². The van der Waals surface area contributed by atoms with E-state index in [1.165, 1.54) is 0 Å². The number of piperidine rings is 1. The summed E-state index contributed by atoms with van der Waals surface area (Å²) in [6.07, 6.45) is 2.10. The standard InChI is InChI=1S/C14H27N3O2.ClH/c1-11-8-12(4-5-15-11)14(18)17-6-7-19-13(10-17)9-16(2)3;/h11-13,15H,4-10H2,1-3H3;1H/t11-,12-,13?;/m0./s1. The zero-order chi connectivity index (χ0) is 13.8. The van der Waals surface area contributed by atoms with Crippen molar-refractivity contribution >= 4 is 18.3 Å². The summed E-state index contributed by atoms with van der Waals surface area (Å²) < 4.78 is 5.73. The van der Waals surface area contributed by atoms with Gasteiger partial charge >= 0.3 is 0 Å². The second-order valence-corrected chi connectivity index (χ2v) is 6.12. The Balaban J connectivity index is 0.00000200. The smallest absolute Gasteiger partial charge is 0.225 e. The van der Waals surface area contributed by atoms with Gasteiger partial charge in [-0.15, -0.1) is 12.4 Å². The maximum atomic E-state index is 12.6. The van der Waals surface area contributed by atoms with Crippen molar-refractivity contribution in [3.63, 3.8) is 0 Å². The molecule has 1 unspecified atom stereocenters. The van der Waals surface area contributed by atoms with E-state index in [-0.39, 0.29) is 24.4 Å². The predicted octanol–water partition coefficient (Wildman–Crippen LogP) is 0.585. The molecule has 0 saturated carbocycles. The minimum atomic E-state index is 0. The fraction of sp³-hybridized carbons (Fsp3) is 0.929. The van der Waals surface area contributed by atoms with Crippen LogP contribution in [0, 0.1) is 5.92 Å². The van der Waals surface area contributed by atoms with E-state index < -0.39 is 0 Å². The summed E-state index contributed by atoms with van der Waals surface area (Å²) in [6.45, 7) is 6.17. The molecule has 0 aromatic carbocycles. The lowest BCUT2D eigenvalue weighted by atomic mass is 9.92. The lowest BCUT2D eigenvalue weighted by Gasteiger charge is -2.37. The van der Waals surface area contributed by atoms with Crippen molar-refractivity contribution in [2.24, 2.45) is 5.92 Å². The first-order valence-electron chi connectivity index (χ1n) is 7.34. The minimum absolute atomic E-state index is 0. The monoisotopic (exact) mass is 305 g/mol. The van der Waals surface area contributed by atoms with Crippen LogP contribution in [0.4, 0.5) is 0 Å². The normalized spacial score (nSPS) is 31.0. The van der Waals surface area contributed by atoms with Gasteiger partial charge in [0.15, 0.2) is 0 Å². The highest BCUT2D eigenvalue weighted by molar-refractivity contribution is 5.85. The number of nitrogens with zero attached hydrogens (tertiary/aromatic N) is 2. The van der Waals surface area contributed by atoms with Crippen LogP contribution in [-0.4, -0.2) is 74.7 Å². The first-order chi connectivity index (χ1) is 9.06. The van der Waals surface area contributed by atoms with Crippen LogP contribution in [0.1, 0.15) is 19.8 Å². The van der Waals surface area contributed by atoms with Crippen molar-refractivity contribution in [2.75, 3.05) is 46.9 Å². The first-order valence-corrected chi connectivity index (χ1v) is 7.34. The van der Waals surface area contributed by atoms with E-state index in [0.29, 0.717) is 18.6 Å². The Bertz CT molecular complexity index is 315. The van der Waals surface area contributed by atoms with Crippen LogP contribution in [-0.2, 0) is 9.53 Å². The number of ether oxygens (including phenoxy) is 1. The number of halogens is 1. The molecule has 3 atom stereocenters. The second kappa shape index (κ2) is 8.17. The van der Waals surface area contributed by atoms with Crippen LogP contribution in [0.3, 0.4) is 0 Å². The number of carbonyl (C=O) groups excluding carboxylic acids is 1. The summed E-state index contributed by atoms with van der Waals surface area (Å²) in [5, 5.41) is 3.40. The molecule has 0 aliphatic carbocycles. The van der Waals surface area contributed by atoms with Crippen molar-refractivity contribution in [3.8, 4) is 0 Å². The van der Waals surface area contributed by atoms with Gasteiger partial charge in [-0.1, -0.05) is 0 Å². The average molecular weight is 306 g/mol. The summed E-state index contributed by atoms with van der Waals surface area (Å²) in [7, 11) is 4.08. The van der Waals surface area contributed by atoms with Gasteiger partial charge in [-0.2, -0.15) is 0 Å². The van der Waals surface area contributed by atoms with Crippen LogP contribution >= 0.6 is 12.4 Å². The molecule has 1 amide bonds. The lowest BCUT2D eigenvalue weighted by molar-refractivity contribution is -0.144. The molecule has 2 heterocycles. The van der Waals surface area contributed by atoms with Crippen LogP contribution in [0.5, 0.6) is 0 Å². The van der Waals surface area contributed by atoms with Gasteiger partial charge in [0.25, 0.3) is 0 Å². The van der Waals surface area contributed by atoms with E-state index in [2.05, 4.69) is 17.1 Å². The highest BCUT2D eigenvalue weighted by Gasteiger charge is 2.31. The summed E-state index contributed by atoms with van der Waals surface area (Å²) in [5.74, 6) is 0.537. The van der Waals surface area contributed by atoms with Crippen molar-refractivity contribution in [2.45, 2.75) is 31.9 Å². The van der Waals surface area contributed by atoms with Gasteiger partial charge in [0.2, 0.25) is 5.91 Å². The fourth-order valence-corrected chi connectivity index (χ4v) is 3.05. The Morgan fingerprint density at radius 1 is 1.45 bits per heavy atom. The lowest BCUT2D eigenvalue weighted by Crippen LogP contribution is -2.52. The van der Waals surface area contributed by atoms with E-state index in [4.69, 9.17) is 4.74 Å². The molecule has 2 rings (SSSR count). The maximum absolute atomic E-state index is 12.6. The van der Waals surface area contributed by atoms with Gasteiger partial charge < -0.3 is 19.9 Å². The SMILES string of the molecule is C[C@H]1C[C@@H](C(=O)N2CCOC(CN(C)C)C2)CCN1.Cl. The van der Waals surface area contributed by atoms with Crippen molar-refractivity contribution in [3.05, 3.63) is 0 Å². The Hall–Kier alpha value is -0.360. The second-order valence-electron chi connectivity index (χ2n) is 6.12. The number of hydrogen-bond donors (Lipinski definition) is 1. The van der Waals surface area contributed by atoms with E-state index in [1.54, 1.807) is 0 Å². The average Bonchev–Trinajstić information content (AvgIpc) is 2.37. The summed E-state index contributed by atoms with van der Waals surface area (Å²) in [5.41, 5.74) is 0. The number of likely N-dealkylation sites (N-methyl/N-ethyl adjacent to an activating group) is 1. The predicted molar refractivity (Wildman–Crippen MR) is 82.3 cm³/mol. The van der Waals surface area contributed by atoms with Gasteiger partial charge in [0.05, 0.1) is 12.7 Å². The minimum Gasteiger partial charge on any atom is -0.373 e. The molecule has 2 saturated heterocycles. The molecule has 1 N–H and O–H groups in total. The molecule has 0 spiro atoms. The highest BCUT2D eigenvalue weighted by Crippen LogP contribution is 2.20. The van der Waals surface area contributed by atoms with Crippen molar-refractivity contribution in [1.29, 1.82) is 0 Å². The molecule has 118 valence electrons. The number of amides is 1. The molecule has 0 aromatic heterocycles. The number of hydrogen-bond acceptors (Lipinski definition) is 4. The van der Waals surface area contributed by atoms with Crippen molar-refractivity contribution < 1.29 is 9.53 Å². The molecule has 0 aromatic rings. The molecular weight excluding hydrogens is 278 g/mol. The first kappa shape index (κ1) is 17.7. The molecule has 2 aliphatic rings. The van der Waals surface area contributed by atoms with Crippen LogP contribution in [0.25, 0.3) is 0 Å². The molecule has 0 radical (unpaired) electrons. The third-order valence-electron chi connectivity index (χ3n) is 3.99. The van der Waals surface area contributed by atoms with Gasteiger partial charge in [0.1, 0.15) is 0 Å². The number of carbonyl (C=O) groups is 1. The van der Waals surface area contributed by atoms with E-state index in [1.807, 2.05) is 19.0 Å². The van der Waals surface area contributed by atoms with Crippen LogP contribution < -0.4 is 5.32 Å². The summed E-state index contributed by atoms with van der Waals surface area (Å²) in [4.78, 5) is 16.7. The Morgan fingerprint density at radius 2 is 2.20 bits per heavy atom. The quantitative estimate of drug-likeness (QED) is 0.829. The van der Waals surface area contributed by atoms with E-state index >= 15 is 0 Å². The van der Waals surface area contributed by atoms with Gasteiger partial charge in [-0.05, 0) is 40.4 Å². The highest BCUT2D eigenvalue weighted by atomic mass is 35.5. The molecule has 2 fully saturated rings. The molecule has 0 bridgehead atoms. The summed E-state index contributed by atoms with van der Waals surface area (Å²) in [6, 6.07) is 0.460. The topological polar surface area (TPSA) is 44.8 Å². The van der Waals surface area contributed by atoms with Crippen molar-refractivity contribution in [1.82, 2.24) is 15.1 Å². The maximum Gasteiger partial charge on any atom is 0.225 e. The zero-order valence-corrected chi connectivity index (χ0v) is 13.6. The molecule has 5 nitrogen and oxygen atoms in total. The molecular formula is C14H28ClN3O2. The van der Waals surface area contributed by atoms with E-state index in [9.17, 15) is 4.79 Å². The summed E-state index contributed by atoms with van der Waals surface area (Å²) >= 11 is 0. The number of morpholine rings is 1. The molecule has 6 heteroatoms. The third kappa shape index (κ3) is 4.88.